The molecule has 0 aliphatic carbocycles. The molecule has 3 aliphatic heterocycles. The monoisotopic (exact) mass is 534 g/mol. The van der Waals surface area contributed by atoms with Gasteiger partial charge in [-0.25, -0.2) is 4.79 Å². The Hall–Kier alpha value is -4.41. The minimum Gasteiger partial charge on any atom is -0.487 e. The molecule has 0 radical (unpaired) electrons. The van der Waals surface area contributed by atoms with Crippen molar-refractivity contribution in [2.45, 2.75) is 57.9 Å². The predicted molar refractivity (Wildman–Crippen MR) is 139 cm³/mol. The van der Waals surface area contributed by atoms with Crippen LogP contribution in [-0.4, -0.2) is 70.4 Å². The standard InChI is InChI=1S/C28H30N4O7/c1-28(2,3)39-27(37)31-14-20(15-31)38-19-7-4-16(5-8-19)24(34)29-18-6-9-21-17(12-18)13-32(26(21)36)22-10-11-23(33)30-25(22)35/h4-9,12,20,22H,10-11,13-15H2,1-3H3,(H,29,34)(H,30,33,35). The van der Waals surface area contributed by atoms with E-state index in [1.165, 1.54) is 4.90 Å². The van der Waals surface area contributed by atoms with Gasteiger partial charge >= 0.3 is 6.09 Å². The summed E-state index contributed by atoms with van der Waals surface area (Å²) in [6.07, 6.45) is -0.0384. The number of imide groups is 1. The normalized spacial score (nSPS) is 19.3. The highest BCUT2D eigenvalue weighted by molar-refractivity contribution is 6.07. The minimum absolute atomic E-state index is 0.147. The molecule has 39 heavy (non-hydrogen) atoms. The maximum absolute atomic E-state index is 12.9. The average Bonchev–Trinajstić information content (AvgIpc) is 3.15. The van der Waals surface area contributed by atoms with Crippen LogP contribution in [-0.2, 0) is 20.9 Å². The topological polar surface area (TPSA) is 134 Å². The summed E-state index contributed by atoms with van der Waals surface area (Å²) in [7, 11) is 0. The van der Waals surface area contributed by atoms with Crippen molar-refractivity contribution in [2.75, 3.05) is 18.4 Å². The number of nitrogens with one attached hydrogen (secondary N) is 2. The zero-order valence-electron chi connectivity index (χ0n) is 22.0. The predicted octanol–water partition coefficient (Wildman–Crippen LogP) is 2.70. The molecule has 0 spiro atoms. The highest BCUT2D eigenvalue weighted by Gasteiger charge is 2.39. The number of fused-ring (bicyclic) bond motifs is 1. The molecule has 5 rings (SSSR count). The number of benzene rings is 2. The number of carbonyl (C=O) groups excluding carboxylic acids is 5. The zero-order valence-corrected chi connectivity index (χ0v) is 22.0. The molecule has 2 fully saturated rings. The van der Waals surface area contributed by atoms with Crippen LogP contribution in [0.5, 0.6) is 5.75 Å². The van der Waals surface area contributed by atoms with Gasteiger partial charge in [-0.3, -0.25) is 24.5 Å². The Bertz CT molecular complexity index is 1340. The minimum atomic E-state index is -0.693. The van der Waals surface area contributed by atoms with Crippen molar-refractivity contribution in [2.24, 2.45) is 0 Å². The van der Waals surface area contributed by atoms with Gasteiger partial charge in [0.25, 0.3) is 11.8 Å². The number of nitrogens with zero attached hydrogens (tertiary/aromatic N) is 2. The highest BCUT2D eigenvalue weighted by atomic mass is 16.6. The van der Waals surface area contributed by atoms with Crippen LogP contribution in [0.3, 0.4) is 0 Å². The fraction of sp³-hybridized carbons (Fsp3) is 0.393. The second kappa shape index (κ2) is 10.0. The lowest BCUT2D eigenvalue weighted by Crippen LogP contribution is -2.57. The first kappa shape index (κ1) is 26.2. The number of hydrogen-bond donors (Lipinski definition) is 2. The molecule has 11 heteroatoms. The first-order chi connectivity index (χ1) is 18.5. The zero-order chi connectivity index (χ0) is 27.9. The van der Waals surface area contributed by atoms with Gasteiger partial charge in [0.1, 0.15) is 23.5 Å². The maximum atomic E-state index is 12.9. The lowest BCUT2D eigenvalue weighted by molar-refractivity contribution is -0.136. The number of piperidine rings is 1. The van der Waals surface area contributed by atoms with Crippen molar-refractivity contribution in [3.8, 4) is 5.75 Å². The summed E-state index contributed by atoms with van der Waals surface area (Å²) in [5.74, 6) is -0.810. The van der Waals surface area contributed by atoms with Crippen molar-refractivity contribution >= 4 is 35.4 Å². The van der Waals surface area contributed by atoms with Gasteiger partial charge in [-0.15, -0.1) is 0 Å². The van der Waals surface area contributed by atoms with E-state index < -0.39 is 17.6 Å². The van der Waals surface area contributed by atoms with Crippen molar-refractivity contribution in [1.82, 2.24) is 15.1 Å². The summed E-state index contributed by atoms with van der Waals surface area (Å²) < 4.78 is 11.2. The molecular formula is C28H30N4O7. The van der Waals surface area contributed by atoms with Gasteiger partial charge < -0.3 is 24.6 Å². The van der Waals surface area contributed by atoms with Crippen LogP contribution < -0.4 is 15.4 Å². The van der Waals surface area contributed by atoms with E-state index in [-0.39, 0.29) is 49.3 Å². The Morgan fingerprint density at radius 2 is 1.74 bits per heavy atom. The summed E-state index contributed by atoms with van der Waals surface area (Å²) in [5.41, 5.74) is 1.57. The Kier molecular flexibility index (Phi) is 6.75. The van der Waals surface area contributed by atoms with E-state index in [1.54, 1.807) is 47.4 Å². The molecule has 11 nitrogen and oxygen atoms in total. The second-order valence-electron chi connectivity index (χ2n) is 10.9. The first-order valence-corrected chi connectivity index (χ1v) is 12.8. The van der Waals surface area contributed by atoms with E-state index in [9.17, 15) is 24.0 Å². The van der Waals surface area contributed by atoms with E-state index in [1.807, 2.05) is 20.8 Å². The fourth-order valence-electron chi connectivity index (χ4n) is 4.72. The molecule has 5 amide bonds. The maximum Gasteiger partial charge on any atom is 0.410 e. The van der Waals surface area contributed by atoms with Crippen molar-refractivity contribution < 1.29 is 33.4 Å². The summed E-state index contributed by atoms with van der Waals surface area (Å²) >= 11 is 0. The molecule has 1 unspecified atom stereocenters. The van der Waals surface area contributed by atoms with Crippen molar-refractivity contribution in [1.29, 1.82) is 0 Å². The van der Waals surface area contributed by atoms with Crippen LogP contribution >= 0.6 is 0 Å². The van der Waals surface area contributed by atoms with Crippen molar-refractivity contribution in [3.05, 3.63) is 59.2 Å². The molecule has 0 aromatic heterocycles. The average molecular weight is 535 g/mol. The van der Waals surface area contributed by atoms with Gasteiger partial charge in [0.2, 0.25) is 11.8 Å². The second-order valence-corrected chi connectivity index (χ2v) is 10.9. The van der Waals surface area contributed by atoms with Crippen LogP contribution in [0, 0.1) is 0 Å². The largest absolute Gasteiger partial charge is 0.487 e. The lowest BCUT2D eigenvalue weighted by Gasteiger charge is -2.39. The molecular weight excluding hydrogens is 504 g/mol. The Morgan fingerprint density at radius 1 is 1.03 bits per heavy atom. The molecule has 2 aromatic rings. The highest BCUT2D eigenvalue weighted by Crippen LogP contribution is 2.30. The Balaban J connectivity index is 1.14. The van der Waals surface area contributed by atoms with E-state index >= 15 is 0 Å². The molecule has 3 aliphatic rings. The number of carbonyl (C=O) groups is 5. The third-order valence-electron chi connectivity index (χ3n) is 6.70. The number of rotatable bonds is 5. The van der Waals surface area contributed by atoms with Crippen LogP contribution in [0.15, 0.2) is 42.5 Å². The molecule has 1 atom stereocenters. The number of likely N-dealkylation sites (tertiary alicyclic amines) is 1. The van der Waals surface area contributed by atoms with E-state index in [0.29, 0.717) is 41.2 Å². The van der Waals surface area contributed by atoms with Gasteiger partial charge in [0, 0.05) is 29.8 Å². The van der Waals surface area contributed by atoms with Gasteiger partial charge in [-0.05, 0) is 75.2 Å². The van der Waals surface area contributed by atoms with Gasteiger partial charge in [0.05, 0.1) is 13.1 Å². The van der Waals surface area contributed by atoms with Gasteiger partial charge in [-0.2, -0.15) is 0 Å². The van der Waals surface area contributed by atoms with Crippen LogP contribution in [0.2, 0.25) is 0 Å². The van der Waals surface area contributed by atoms with Crippen molar-refractivity contribution in [3.63, 3.8) is 0 Å². The van der Waals surface area contributed by atoms with Crippen LogP contribution in [0.1, 0.15) is 59.9 Å². The summed E-state index contributed by atoms with van der Waals surface area (Å²) in [6, 6.07) is 11.0. The number of anilines is 1. The number of amides is 5. The molecule has 0 saturated carbocycles. The van der Waals surface area contributed by atoms with Crippen LogP contribution in [0.25, 0.3) is 0 Å². The van der Waals surface area contributed by atoms with Gasteiger partial charge in [-0.1, -0.05) is 0 Å². The molecule has 2 saturated heterocycles. The summed E-state index contributed by atoms with van der Waals surface area (Å²) in [6.45, 7) is 6.54. The third kappa shape index (κ3) is 5.71. The Labute approximate surface area is 225 Å². The Morgan fingerprint density at radius 3 is 2.41 bits per heavy atom. The SMILES string of the molecule is CC(C)(C)OC(=O)N1CC(Oc2ccc(C(=O)Nc3ccc4c(c3)CN(C3CCC(=O)NC3=O)C4=O)cc2)C1. The molecule has 2 N–H and O–H groups in total. The first-order valence-electron chi connectivity index (χ1n) is 12.8. The van der Waals surface area contributed by atoms with E-state index in [2.05, 4.69) is 10.6 Å². The van der Waals surface area contributed by atoms with Gasteiger partial charge in [0.15, 0.2) is 0 Å². The quantitative estimate of drug-likeness (QED) is 0.563. The fourth-order valence-corrected chi connectivity index (χ4v) is 4.72. The van der Waals surface area contributed by atoms with Crippen LogP contribution in [0.4, 0.5) is 10.5 Å². The smallest absolute Gasteiger partial charge is 0.410 e. The molecule has 2 aromatic carbocycles. The summed E-state index contributed by atoms with van der Waals surface area (Å²) in [5, 5.41) is 5.12. The van der Waals surface area contributed by atoms with E-state index in [0.717, 1.165) is 0 Å². The number of hydrogen-bond acceptors (Lipinski definition) is 7. The number of ether oxygens (including phenoxy) is 2. The molecule has 3 heterocycles. The van der Waals surface area contributed by atoms with E-state index in [4.69, 9.17) is 9.47 Å². The third-order valence-corrected chi connectivity index (χ3v) is 6.70. The lowest BCUT2D eigenvalue weighted by atomic mass is 10.0. The molecule has 0 bridgehead atoms. The molecule has 204 valence electrons. The summed E-state index contributed by atoms with van der Waals surface area (Å²) in [4.78, 5) is 64.5.